The van der Waals surface area contributed by atoms with Gasteiger partial charge in [0, 0.05) is 0 Å². The number of rotatable bonds is 4. The van der Waals surface area contributed by atoms with E-state index in [-0.39, 0.29) is 22.8 Å². The van der Waals surface area contributed by atoms with E-state index in [1.165, 1.54) is 18.3 Å². The summed E-state index contributed by atoms with van der Waals surface area (Å²) in [7, 11) is 0. The Morgan fingerprint density at radius 1 is 1.56 bits per heavy atom. The summed E-state index contributed by atoms with van der Waals surface area (Å²) in [5.41, 5.74) is 5.66. The van der Waals surface area contributed by atoms with Crippen molar-refractivity contribution in [1.29, 1.82) is 0 Å². The van der Waals surface area contributed by atoms with Crippen LogP contribution >= 0.6 is 0 Å². The van der Waals surface area contributed by atoms with Crippen molar-refractivity contribution in [2.75, 3.05) is 5.73 Å². The molecule has 0 fully saturated rings. The Hall–Kier alpha value is -2.30. The molecule has 0 saturated carbocycles. The summed E-state index contributed by atoms with van der Waals surface area (Å²) in [6.45, 7) is 6.58. The molecule has 16 heavy (non-hydrogen) atoms. The molecule has 0 bridgehead atoms. The van der Waals surface area contributed by atoms with Crippen LogP contribution in [0.1, 0.15) is 16.3 Å². The van der Waals surface area contributed by atoms with Crippen LogP contribution in [0.2, 0.25) is 0 Å². The number of aromatic nitrogens is 2. The number of halogens is 1. The quantitative estimate of drug-likeness (QED) is 0.620. The van der Waals surface area contributed by atoms with Crippen LogP contribution in [-0.2, 0) is 0 Å². The molecular weight excluding hydrogens is 209 g/mol. The molecule has 0 aromatic carbocycles. The van der Waals surface area contributed by atoms with E-state index >= 15 is 0 Å². The largest absolute Gasteiger partial charge is 0.396 e. The third-order valence-electron chi connectivity index (χ3n) is 1.78. The van der Waals surface area contributed by atoms with Gasteiger partial charge in [-0.15, -0.1) is 0 Å². The summed E-state index contributed by atoms with van der Waals surface area (Å²) >= 11 is 0. The zero-order valence-corrected chi connectivity index (χ0v) is 8.48. The van der Waals surface area contributed by atoms with Crippen molar-refractivity contribution in [3.05, 3.63) is 48.9 Å². The van der Waals surface area contributed by atoms with Crippen molar-refractivity contribution >= 4 is 17.5 Å². The van der Waals surface area contributed by atoms with Gasteiger partial charge in [0.25, 0.3) is 0 Å². The lowest BCUT2D eigenvalue weighted by Crippen LogP contribution is -2.03. The normalized spacial score (nSPS) is 10.9. The van der Waals surface area contributed by atoms with Gasteiger partial charge in [-0.25, -0.2) is 14.4 Å². The van der Waals surface area contributed by atoms with E-state index < -0.39 is 5.83 Å². The maximum atomic E-state index is 13.1. The lowest BCUT2D eigenvalue weighted by atomic mass is 10.2. The minimum Gasteiger partial charge on any atom is -0.396 e. The predicted octanol–water partition coefficient (Wildman–Crippen LogP) is 1.92. The van der Waals surface area contributed by atoms with Crippen LogP contribution in [-0.4, -0.2) is 16.3 Å². The van der Waals surface area contributed by atoms with E-state index in [0.29, 0.717) is 6.29 Å². The van der Waals surface area contributed by atoms with Gasteiger partial charge in [-0.3, -0.25) is 4.79 Å². The first kappa shape index (κ1) is 11.8. The lowest BCUT2D eigenvalue weighted by Gasteiger charge is -2.04. The molecule has 2 N–H and O–H groups in total. The Labute approximate surface area is 92.0 Å². The fourth-order valence-electron chi connectivity index (χ4n) is 1.03. The van der Waals surface area contributed by atoms with E-state index in [1.807, 2.05) is 0 Å². The summed E-state index contributed by atoms with van der Waals surface area (Å²) in [5, 5.41) is 0. The van der Waals surface area contributed by atoms with Gasteiger partial charge in [0.2, 0.25) is 0 Å². The first-order valence-electron chi connectivity index (χ1n) is 4.35. The van der Waals surface area contributed by atoms with Crippen LogP contribution < -0.4 is 5.73 Å². The van der Waals surface area contributed by atoms with E-state index in [9.17, 15) is 9.18 Å². The topological polar surface area (TPSA) is 68.9 Å². The molecule has 0 saturated heterocycles. The van der Waals surface area contributed by atoms with Gasteiger partial charge >= 0.3 is 0 Å². The molecule has 0 aliphatic heterocycles. The summed E-state index contributed by atoms with van der Waals surface area (Å²) in [6.07, 6.45) is 4.46. The number of nitrogen functional groups attached to an aromatic ring is 1. The van der Waals surface area contributed by atoms with Gasteiger partial charge in [-0.05, 0) is 6.08 Å². The van der Waals surface area contributed by atoms with Crippen molar-refractivity contribution in [3.63, 3.8) is 0 Å². The summed E-state index contributed by atoms with van der Waals surface area (Å²) in [5.74, 6) is -0.662. The van der Waals surface area contributed by atoms with Gasteiger partial charge in [0.1, 0.15) is 11.5 Å². The van der Waals surface area contributed by atoms with E-state index in [4.69, 9.17) is 5.73 Å². The molecule has 0 unspecified atom stereocenters. The number of hydrogen-bond acceptors (Lipinski definition) is 4. The number of allylic oxidation sites excluding steroid dienone is 4. The van der Waals surface area contributed by atoms with Crippen LogP contribution in [0.25, 0.3) is 5.57 Å². The van der Waals surface area contributed by atoms with Crippen LogP contribution in [0.3, 0.4) is 0 Å². The van der Waals surface area contributed by atoms with Gasteiger partial charge in [0.15, 0.2) is 12.1 Å². The predicted molar refractivity (Wildman–Crippen MR) is 60.3 cm³/mol. The third kappa shape index (κ3) is 2.38. The monoisotopic (exact) mass is 219 g/mol. The Balaban J connectivity index is 3.31. The first-order chi connectivity index (χ1) is 7.60. The molecule has 0 spiro atoms. The number of anilines is 1. The van der Waals surface area contributed by atoms with Gasteiger partial charge in [0.05, 0.1) is 17.5 Å². The molecule has 0 atom stereocenters. The molecule has 82 valence electrons. The maximum Gasteiger partial charge on any atom is 0.170 e. The van der Waals surface area contributed by atoms with Crippen molar-refractivity contribution in [2.45, 2.75) is 0 Å². The van der Waals surface area contributed by atoms with Gasteiger partial charge in [-0.1, -0.05) is 19.2 Å². The Kier molecular flexibility index (Phi) is 3.66. The van der Waals surface area contributed by atoms with Gasteiger partial charge < -0.3 is 5.73 Å². The highest BCUT2D eigenvalue weighted by molar-refractivity contribution is 5.82. The fraction of sp³-hybridized carbons (Fsp3) is 0. The van der Waals surface area contributed by atoms with Crippen molar-refractivity contribution in [2.24, 2.45) is 0 Å². The first-order valence-corrected chi connectivity index (χ1v) is 4.35. The SMILES string of the molecule is C=C/C=C(\C(=C)F)c1ncc(N)c(C=O)n1. The maximum absolute atomic E-state index is 13.1. The van der Waals surface area contributed by atoms with Crippen LogP contribution in [0.4, 0.5) is 10.1 Å². The second kappa shape index (κ2) is 4.97. The molecule has 4 nitrogen and oxygen atoms in total. The molecular formula is C11H10FN3O. The zero-order chi connectivity index (χ0) is 12.1. The summed E-state index contributed by atoms with van der Waals surface area (Å²) in [4.78, 5) is 18.2. The molecule has 5 heteroatoms. The smallest absolute Gasteiger partial charge is 0.170 e. The van der Waals surface area contributed by atoms with E-state index in [1.54, 1.807) is 0 Å². The zero-order valence-electron chi connectivity index (χ0n) is 8.48. The highest BCUT2D eigenvalue weighted by Crippen LogP contribution is 2.20. The van der Waals surface area contributed by atoms with Crippen LogP contribution in [0, 0.1) is 0 Å². The molecule has 0 aliphatic rings. The summed E-state index contributed by atoms with van der Waals surface area (Å²) < 4.78 is 13.1. The van der Waals surface area contributed by atoms with Crippen molar-refractivity contribution in [1.82, 2.24) is 9.97 Å². The van der Waals surface area contributed by atoms with Crippen LogP contribution in [0.5, 0.6) is 0 Å². The second-order valence-electron chi connectivity index (χ2n) is 2.87. The molecule has 0 amide bonds. The molecule has 1 rings (SSSR count). The third-order valence-corrected chi connectivity index (χ3v) is 1.78. The molecule has 1 aromatic rings. The molecule has 0 radical (unpaired) electrons. The molecule has 1 heterocycles. The van der Waals surface area contributed by atoms with Gasteiger partial charge in [-0.2, -0.15) is 0 Å². The van der Waals surface area contributed by atoms with E-state index in [2.05, 4.69) is 23.1 Å². The van der Waals surface area contributed by atoms with Crippen molar-refractivity contribution < 1.29 is 9.18 Å². The number of hydrogen-bond donors (Lipinski definition) is 1. The molecule has 0 aliphatic carbocycles. The minimum atomic E-state index is -0.707. The van der Waals surface area contributed by atoms with Crippen molar-refractivity contribution in [3.8, 4) is 0 Å². The Morgan fingerprint density at radius 3 is 2.75 bits per heavy atom. The highest BCUT2D eigenvalue weighted by Gasteiger charge is 2.10. The lowest BCUT2D eigenvalue weighted by molar-refractivity contribution is 0.111. The average molecular weight is 219 g/mol. The number of nitrogens with zero attached hydrogens (tertiary/aromatic N) is 2. The number of nitrogens with two attached hydrogens (primary N) is 1. The number of aldehydes is 1. The number of carbonyl (C=O) groups is 1. The highest BCUT2D eigenvalue weighted by atomic mass is 19.1. The second-order valence-corrected chi connectivity index (χ2v) is 2.87. The Morgan fingerprint density at radius 2 is 2.25 bits per heavy atom. The van der Waals surface area contributed by atoms with Crippen LogP contribution in [0.15, 0.2) is 37.3 Å². The Bertz CT molecular complexity index is 480. The number of carbonyl (C=O) groups excluding carboxylic acids is 1. The molecule has 1 aromatic heterocycles. The minimum absolute atomic E-state index is 0.0150. The standard InChI is InChI=1S/C11H10FN3O/c1-3-4-8(7(2)12)11-14-5-9(13)10(6-16)15-11/h3-6H,1-2,13H2/b8-4+. The van der Waals surface area contributed by atoms with E-state index in [0.717, 1.165) is 0 Å². The fourth-order valence-corrected chi connectivity index (χ4v) is 1.03. The average Bonchev–Trinajstić information content (AvgIpc) is 2.26. The summed E-state index contributed by atoms with van der Waals surface area (Å²) in [6, 6.07) is 0.